The molecule has 7 nitrogen and oxygen atoms in total. The lowest BCUT2D eigenvalue weighted by atomic mass is 9.97. The van der Waals surface area contributed by atoms with Crippen molar-refractivity contribution in [2.75, 3.05) is 5.75 Å². The minimum atomic E-state index is -0.199. The van der Waals surface area contributed by atoms with E-state index in [4.69, 9.17) is 16.6 Å². The van der Waals surface area contributed by atoms with Gasteiger partial charge in [0, 0.05) is 23.2 Å². The largest absolute Gasteiger partial charge is 0.353 e. The van der Waals surface area contributed by atoms with Gasteiger partial charge >= 0.3 is 0 Å². The normalized spacial score (nSPS) is 20.0. The number of nitrogens with zero attached hydrogens (tertiary/aromatic N) is 4. The monoisotopic (exact) mass is 527 g/mol. The second kappa shape index (κ2) is 11.8. The first-order valence-corrected chi connectivity index (χ1v) is 14.6. The van der Waals surface area contributed by atoms with Gasteiger partial charge < -0.3 is 5.32 Å². The van der Waals surface area contributed by atoms with Gasteiger partial charge in [-0.3, -0.25) is 14.2 Å². The molecule has 5 rings (SSSR count). The number of halogens is 1. The summed E-state index contributed by atoms with van der Waals surface area (Å²) in [4.78, 5) is 31.3. The van der Waals surface area contributed by atoms with Gasteiger partial charge in [-0.2, -0.15) is 5.10 Å². The van der Waals surface area contributed by atoms with Gasteiger partial charge in [0.05, 0.1) is 17.9 Å². The molecule has 0 spiro atoms. The van der Waals surface area contributed by atoms with Crippen LogP contribution in [0.25, 0.3) is 16.7 Å². The minimum absolute atomic E-state index is 0.0344. The summed E-state index contributed by atoms with van der Waals surface area (Å²) in [5, 5.41) is 9.39. The molecule has 36 heavy (non-hydrogen) atoms. The standard InChI is InChI=1S/C27H34ClN5O2S/c28-19-11-10-14-21(15-19)33-25-23(17-29-33)26(35)32-22(18-36-27(32)31-25)16-24(34)30-20-12-8-6-4-2-1-3-5-7-9-13-20/h10-11,14-15,17,20,22H,1-9,12-13,16,18H2,(H,30,34). The Bertz CT molecular complexity index is 1260. The highest BCUT2D eigenvalue weighted by atomic mass is 35.5. The molecule has 192 valence electrons. The maximum atomic E-state index is 13.4. The van der Waals surface area contributed by atoms with E-state index >= 15 is 0 Å². The van der Waals surface area contributed by atoms with Crippen molar-refractivity contribution in [1.82, 2.24) is 24.6 Å². The van der Waals surface area contributed by atoms with E-state index in [1.54, 1.807) is 27.6 Å². The molecule has 1 N–H and O–H groups in total. The number of carbonyl (C=O) groups is 1. The van der Waals surface area contributed by atoms with Crippen molar-refractivity contribution in [3.8, 4) is 5.69 Å². The van der Waals surface area contributed by atoms with E-state index in [9.17, 15) is 9.59 Å². The van der Waals surface area contributed by atoms with Crippen molar-refractivity contribution in [2.24, 2.45) is 0 Å². The van der Waals surface area contributed by atoms with Gasteiger partial charge in [0.1, 0.15) is 5.39 Å². The topological polar surface area (TPSA) is 81.8 Å². The number of benzene rings is 1. The number of rotatable bonds is 4. The van der Waals surface area contributed by atoms with Crippen LogP contribution in [0.1, 0.15) is 83.1 Å². The van der Waals surface area contributed by atoms with Crippen LogP contribution in [0, 0.1) is 0 Å². The molecule has 0 saturated heterocycles. The van der Waals surface area contributed by atoms with E-state index in [0.29, 0.717) is 33.4 Å². The number of hydrogen-bond donors (Lipinski definition) is 1. The summed E-state index contributed by atoms with van der Waals surface area (Å²) in [7, 11) is 0. The lowest BCUT2D eigenvalue weighted by Crippen LogP contribution is -2.37. The molecule has 1 amide bonds. The maximum absolute atomic E-state index is 13.4. The third-order valence-corrected chi connectivity index (χ3v) is 8.65. The first-order chi connectivity index (χ1) is 17.6. The molecule has 0 radical (unpaired) electrons. The molecular formula is C27H34ClN5O2S. The molecule has 0 bridgehead atoms. The molecule has 1 aromatic carbocycles. The van der Waals surface area contributed by atoms with E-state index in [2.05, 4.69) is 10.4 Å². The van der Waals surface area contributed by atoms with Gasteiger partial charge in [-0.1, -0.05) is 87.2 Å². The fourth-order valence-electron chi connectivity index (χ4n) is 5.39. The van der Waals surface area contributed by atoms with Crippen LogP contribution in [0.4, 0.5) is 0 Å². The van der Waals surface area contributed by atoms with Crippen molar-refractivity contribution in [1.29, 1.82) is 0 Å². The highest BCUT2D eigenvalue weighted by Gasteiger charge is 2.30. The summed E-state index contributed by atoms with van der Waals surface area (Å²) in [6, 6.07) is 7.35. The Morgan fingerprint density at radius 1 is 1.06 bits per heavy atom. The van der Waals surface area contributed by atoms with Crippen molar-refractivity contribution < 1.29 is 4.79 Å². The molecule has 2 aliphatic rings. The highest BCUT2D eigenvalue weighted by molar-refractivity contribution is 7.99. The van der Waals surface area contributed by atoms with Gasteiger partial charge in [-0.15, -0.1) is 0 Å². The lowest BCUT2D eigenvalue weighted by Gasteiger charge is -2.21. The zero-order chi connectivity index (χ0) is 24.9. The molecule has 1 fully saturated rings. The number of hydrogen-bond acceptors (Lipinski definition) is 5. The summed E-state index contributed by atoms with van der Waals surface area (Å²) < 4.78 is 3.34. The fourth-order valence-corrected chi connectivity index (χ4v) is 6.70. The molecule has 9 heteroatoms. The summed E-state index contributed by atoms with van der Waals surface area (Å²) >= 11 is 7.68. The average Bonchev–Trinajstić information content (AvgIpc) is 3.46. The van der Waals surface area contributed by atoms with Crippen LogP contribution < -0.4 is 10.9 Å². The van der Waals surface area contributed by atoms with Crippen LogP contribution in [0.3, 0.4) is 0 Å². The van der Waals surface area contributed by atoms with Crippen molar-refractivity contribution in [3.63, 3.8) is 0 Å². The number of fused-ring (bicyclic) bond motifs is 2. The third-order valence-electron chi connectivity index (χ3n) is 7.31. The lowest BCUT2D eigenvalue weighted by molar-refractivity contribution is -0.122. The molecule has 2 aromatic heterocycles. The van der Waals surface area contributed by atoms with Crippen molar-refractivity contribution in [2.45, 2.75) is 94.3 Å². The molecule has 3 aromatic rings. The molecule has 1 aliphatic carbocycles. The van der Waals surface area contributed by atoms with Gasteiger partial charge in [0.2, 0.25) is 5.91 Å². The zero-order valence-corrected chi connectivity index (χ0v) is 22.2. The average molecular weight is 528 g/mol. The Balaban J connectivity index is 1.29. The molecule has 1 atom stereocenters. The summed E-state index contributed by atoms with van der Waals surface area (Å²) in [5.41, 5.74) is 1.13. The van der Waals surface area contributed by atoms with E-state index < -0.39 is 0 Å². The zero-order valence-electron chi connectivity index (χ0n) is 20.6. The molecule has 1 aliphatic heterocycles. The SMILES string of the molecule is O=C(CC1CSc2nc3c(cnn3-c3cccc(Cl)c3)c(=O)n21)NC1CCCCCCCCCCC1. The van der Waals surface area contributed by atoms with Gasteiger partial charge in [0.25, 0.3) is 5.56 Å². The van der Waals surface area contributed by atoms with Crippen molar-refractivity contribution in [3.05, 3.63) is 45.8 Å². The Kier molecular flexibility index (Phi) is 8.32. The van der Waals surface area contributed by atoms with E-state index in [-0.39, 0.29) is 23.6 Å². The van der Waals surface area contributed by atoms with E-state index in [1.165, 1.54) is 69.5 Å². The van der Waals surface area contributed by atoms with Gasteiger partial charge in [-0.25, -0.2) is 9.67 Å². The summed E-state index contributed by atoms with van der Waals surface area (Å²) in [6.45, 7) is 0. The first kappa shape index (κ1) is 25.3. The number of aromatic nitrogens is 4. The minimum Gasteiger partial charge on any atom is -0.353 e. The van der Waals surface area contributed by atoms with Crippen LogP contribution in [0.2, 0.25) is 5.02 Å². The quantitative estimate of drug-likeness (QED) is 0.417. The van der Waals surface area contributed by atoms with Crippen LogP contribution in [0.5, 0.6) is 0 Å². The predicted octanol–water partition coefficient (Wildman–Crippen LogP) is 6.06. The predicted molar refractivity (Wildman–Crippen MR) is 145 cm³/mol. The number of nitrogens with one attached hydrogen (secondary N) is 1. The molecule has 1 unspecified atom stereocenters. The van der Waals surface area contributed by atoms with Crippen LogP contribution in [0.15, 0.2) is 40.4 Å². The first-order valence-electron chi connectivity index (χ1n) is 13.3. The Morgan fingerprint density at radius 3 is 2.44 bits per heavy atom. The number of amides is 1. The second-order valence-electron chi connectivity index (χ2n) is 10.0. The fraction of sp³-hybridized carbons (Fsp3) is 0.556. The van der Waals surface area contributed by atoms with E-state index in [0.717, 1.165) is 18.5 Å². The molecular weight excluding hydrogens is 494 g/mol. The maximum Gasteiger partial charge on any atom is 0.265 e. The van der Waals surface area contributed by atoms with Crippen molar-refractivity contribution >= 4 is 40.3 Å². The Morgan fingerprint density at radius 2 is 1.75 bits per heavy atom. The third kappa shape index (κ3) is 5.80. The van der Waals surface area contributed by atoms with Gasteiger partial charge in [0.15, 0.2) is 10.8 Å². The Labute approximate surface area is 221 Å². The molecule has 3 heterocycles. The summed E-state index contributed by atoms with van der Waals surface area (Å²) in [6.07, 6.45) is 15.4. The van der Waals surface area contributed by atoms with Gasteiger partial charge in [-0.05, 0) is 31.0 Å². The van der Waals surface area contributed by atoms with Crippen LogP contribution >= 0.6 is 23.4 Å². The number of thioether (sulfide) groups is 1. The van der Waals surface area contributed by atoms with E-state index in [1.807, 2.05) is 12.1 Å². The summed E-state index contributed by atoms with van der Waals surface area (Å²) in [5.74, 6) is 0.699. The van der Waals surface area contributed by atoms with Crippen LogP contribution in [-0.2, 0) is 4.79 Å². The Hall–Kier alpha value is -2.32. The highest BCUT2D eigenvalue weighted by Crippen LogP contribution is 2.33. The molecule has 1 saturated carbocycles. The smallest absolute Gasteiger partial charge is 0.265 e. The number of carbonyl (C=O) groups excluding carboxylic acids is 1. The second-order valence-corrected chi connectivity index (χ2v) is 11.5. The van der Waals surface area contributed by atoms with Crippen LogP contribution in [-0.4, -0.2) is 37.0 Å².